The number of rotatable bonds is 11. The Morgan fingerprint density at radius 2 is 0.773 bits per heavy atom. The number of halogens is 1. The number of sulfonamides is 3. The first kappa shape index (κ1) is 63.9. The van der Waals surface area contributed by atoms with Crippen LogP contribution in [-0.4, -0.2) is 193 Å². The molecule has 3 unspecified atom stereocenters. The van der Waals surface area contributed by atoms with Crippen LogP contribution in [0, 0.1) is 0 Å². The summed E-state index contributed by atoms with van der Waals surface area (Å²) in [6, 6.07) is 45.8. The van der Waals surface area contributed by atoms with Gasteiger partial charge in [-0.3, -0.25) is 14.4 Å². The third kappa shape index (κ3) is 15.4. The Balaban J connectivity index is 0.000000151. The molecule has 3 atom stereocenters. The van der Waals surface area contributed by atoms with E-state index in [0.29, 0.717) is 61.6 Å². The van der Waals surface area contributed by atoms with E-state index in [1.807, 2.05) is 75.4 Å². The number of hydrogen-bond donors (Lipinski definition) is 1. The van der Waals surface area contributed by atoms with Crippen molar-refractivity contribution in [1.29, 1.82) is 0 Å². The van der Waals surface area contributed by atoms with Crippen molar-refractivity contribution in [2.24, 2.45) is 0 Å². The molecule has 0 radical (unpaired) electrons. The first-order valence-corrected chi connectivity index (χ1v) is 33.0. The lowest BCUT2D eigenvalue weighted by atomic mass is 10.1. The highest BCUT2D eigenvalue weighted by Crippen LogP contribution is 2.27. The molecule has 9 aromatic rings. The second-order valence-corrected chi connectivity index (χ2v) is 27.1. The molecule has 6 heterocycles. The monoisotopic (exact) mass is 1310 g/mol. The van der Waals surface area contributed by atoms with Crippen molar-refractivity contribution in [2.45, 2.75) is 53.6 Å². The van der Waals surface area contributed by atoms with Gasteiger partial charge in [-0.25, -0.2) is 29.9 Å². The van der Waals surface area contributed by atoms with Gasteiger partial charge in [-0.2, -0.15) is 43.3 Å². The van der Waals surface area contributed by atoms with E-state index in [1.165, 1.54) is 17.7 Å². The van der Waals surface area contributed by atoms with Crippen LogP contribution in [0.2, 0.25) is 0 Å². The molecular formula is C60H64BrN15O9S3. The van der Waals surface area contributed by atoms with Crippen molar-refractivity contribution in [1.82, 2.24) is 73.0 Å². The lowest BCUT2D eigenvalue weighted by molar-refractivity contribution is 0.0637. The molecule has 3 saturated heterocycles. The van der Waals surface area contributed by atoms with Crippen LogP contribution in [0.4, 0.5) is 0 Å². The van der Waals surface area contributed by atoms with Gasteiger partial charge in [0.2, 0.25) is 30.1 Å². The predicted molar refractivity (Wildman–Crippen MR) is 330 cm³/mol. The average Bonchev–Trinajstić information content (AvgIpc) is 2.09. The molecule has 12 rings (SSSR count). The van der Waals surface area contributed by atoms with Gasteiger partial charge < -0.3 is 14.7 Å². The molecule has 3 aliphatic rings. The minimum Gasteiger partial charge on any atom is -0.336 e. The highest BCUT2D eigenvalue weighted by atomic mass is 79.9. The maximum atomic E-state index is 13.1. The van der Waals surface area contributed by atoms with Gasteiger partial charge >= 0.3 is 0 Å². The number of aromatic amines is 1. The number of carbonyl (C=O) groups is 3. The van der Waals surface area contributed by atoms with Crippen LogP contribution in [-0.2, 0) is 30.1 Å². The highest BCUT2D eigenvalue weighted by Gasteiger charge is 2.38. The van der Waals surface area contributed by atoms with Crippen LogP contribution in [0.15, 0.2) is 220 Å². The SMILES string of the molecule is CC1CN(C(=O)c2ccccc2)CCN1S(=O)(=O)c1ccc(-n2ccnn2)cc1.CC1CN(C(=O)c2ccccc2)CCN1S(=O)(=O)c1ccc(-n2nccn2)cc1.CC1CN(C(=O)c2ccccc2)CCN1S(=O)(=O)c1ccc(Br)cc1.c1cn[nH]n1. The Bertz CT molecular complexity index is 3860. The molecule has 3 aromatic heterocycles. The number of nitrogens with one attached hydrogen (secondary N) is 1. The van der Waals surface area contributed by atoms with Gasteiger partial charge in [0, 0.05) is 98.2 Å². The summed E-state index contributed by atoms with van der Waals surface area (Å²) in [5, 5.41) is 25.1. The Kier molecular flexibility index (Phi) is 21.0. The Morgan fingerprint density at radius 1 is 0.432 bits per heavy atom. The van der Waals surface area contributed by atoms with E-state index >= 15 is 0 Å². The van der Waals surface area contributed by atoms with E-state index in [-0.39, 0.29) is 70.2 Å². The van der Waals surface area contributed by atoms with E-state index in [4.69, 9.17) is 0 Å². The smallest absolute Gasteiger partial charge is 0.253 e. The maximum absolute atomic E-state index is 13.1. The molecule has 1 N–H and O–H groups in total. The molecule has 0 bridgehead atoms. The van der Waals surface area contributed by atoms with Gasteiger partial charge in [0.1, 0.15) is 0 Å². The molecule has 3 amide bonds. The molecule has 28 heteroatoms. The summed E-state index contributed by atoms with van der Waals surface area (Å²) in [5.41, 5.74) is 3.26. The van der Waals surface area contributed by atoms with Crippen LogP contribution in [0.5, 0.6) is 0 Å². The molecule has 3 fully saturated rings. The number of nitrogens with zero attached hydrogens (tertiary/aromatic N) is 14. The molecule has 0 saturated carbocycles. The van der Waals surface area contributed by atoms with Crippen molar-refractivity contribution < 1.29 is 39.6 Å². The average molecular weight is 1320 g/mol. The second-order valence-electron chi connectivity index (χ2n) is 20.5. The number of aromatic nitrogens is 9. The van der Waals surface area contributed by atoms with Gasteiger partial charge in [-0.15, -0.1) is 5.10 Å². The summed E-state index contributed by atoms with van der Waals surface area (Å²) in [5.74, 6) is -0.217. The van der Waals surface area contributed by atoms with Crippen molar-refractivity contribution in [3.63, 3.8) is 0 Å². The van der Waals surface area contributed by atoms with Crippen molar-refractivity contribution in [3.8, 4) is 11.4 Å². The number of benzene rings is 6. The Labute approximate surface area is 519 Å². The van der Waals surface area contributed by atoms with Gasteiger partial charge in [-0.1, -0.05) is 75.7 Å². The summed E-state index contributed by atoms with van der Waals surface area (Å²) in [4.78, 5) is 45.1. The maximum Gasteiger partial charge on any atom is 0.253 e. The Morgan fingerprint density at radius 3 is 1.08 bits per heavy atom. The molecule has 0 aliphatic carbocycles. The summed E-state index contributed by atoms with van der Waals surface area (Å²) in [6.45, 7) is 8.46. The number of amides is 3. The van der Waals surface area contributed by atoms with Crippen LogP contribution in [0.1, 0.15) is 51.8 Å². The quantitative estimate of drug-likeness (QED) is 0.147. The highest BCUT2D eigenvalue weighted by molar-refractivity contribution is 9.10. The van der Waals surface area contributed by atoms with E-state index in [1.54, 1.807) is 166 Å². The van der Waals surface area contributed by atoms with Crippen LogP contribution >= 0.6 is 15.9 Å². The second kappa shape index (κ2) is 28.9. The van der Waals surface area contributed by atoms with E-state index in [0.717, 1.165) is 10.2 Å². The lowest BCUT2D eigenvalue weighted by Gasteiger charge is -2.39. The van der Waals surface area contributed by atoms with E-state index in [9.17, 15) is 39.6 Å². The molecule has 3 aliphatic heterocycles. The van der Waals surface area contributed by atoms with Gasteiger partial charge in [-0.05, 0) is 130 Å². The van der Waals surface area contributed by atoms with Crippen LogP contribution < -0.4 is 0 Å². The minimum absolute atomic E-state index is 0.0619. The first-order valence-electron chi connectivity index (χ1n) is 27.9. The number of H-pyrrole nitrogens is 1. The van der Waals surface area contributed by atoms with E-state index in [2.05, 4.69) is 51.9 Å². The van der Waals surface area contributed by atoms with Crippen LogP contribution in [0.3, 0.4) is 0 Å². The molecular weight excluding hydrogens is 1250 g/mol. The fourth-order valence-corrected chi connectivity index (χ4v) is 15.2. The zero-order chi connectivity index (χ0) is 62.4. The topological polar surface area (TPSA) is 276 Å². The zero-order valence-corrected chi connectivity index (χ0v) is 52.2. The third-order valence-corrected chi connectivity index (χ3v) is 21.2. The normalized spacial score (nSPS) is 17.7. The zero-order valence-electron chi connectivity index (χ0n) is 48.2. The van der Waals surface area contributed by atoms with Crippen molar-refractivity contribution in [2.75, 3.05) is 58.9 Å². The molecule has 88 heavy (non-hydrogen) atoms. The van der Waals surface area contributed by atoms with Gasteiger partial charge in [0.15, 0.2) is 0 Å². The Hall–Kier alpha value is -8.64. The molecule has 24 nitrogen and oxygen atoms in total. The van der Waals surface area contributed by atoms with Crippen molar-refractivity contribution >= 4 is 63.7 Å². The minimum atomic E-state index is -3.67. The summed E-state index contributed by atoms with van der Waals surface area (Å²) < 4.78 is 85.0. The largest absolute Gasteiger partial charge is 0.336 e. The predicted octanol–water partition coefficient (Wildman–Crippen LogP) is 6.39. The third-order valence-electron chi connectivity index (χ3n) is 14.6. The first-order chi connectivity index (χ1) is 42.3. The number of hydrogen-bond acceptors (Lipinski definition) is 15. The van der Waals surface area contributed by atoms with Crippen LogP contribution in [0.25, 0.3) is 11.4 Å². The van der Waals surface area contributed by atoms with Gasteiger partial charge in [0.25, 0.3) is 17.7 Å². The summed E-state index contributed by atoms with van der Waals surface area (Å²) >= 11 is 3.31. The molecule has 0 spiro atoms. The lowest BCUT2D eigenvalue weighted by Crippen LogP contribution is -2.55. The van der Waals surface area contributed by atoms with Crippen molar-refractivity contribution in [3.05, 3.63) is 222 Å². The number of piperazine rings is 3. The summed E-state index contributed by atoms with van der Waals surface area (Å²) in [7, 11) is -10.9. The van der Waals surface area contributed by atoms with Gasteiger partial charge in [0.05, 0.1) is 63.2 Å². The number of carbonyl (C=O) groups excluding carboxylic acids is 3. The standard InChI is InChI=1S/2C20H21N5O3S.C18H19BrN2O3S.C2H3N3/c1-16-15-23(20(26)17-5-3-2-4-6-17)13-14-25(16)29(27,28)19-9-7-18(8-10-19)24-12-11-21-22-24;1-16-15-23(20(26)17-5-3-2-4-6-17)13-14-24(16)29(27,28)19-9-7-18(8-10-19)25-21-11-12-22-25;1-14-13-20(18(22)15-5-3-2-4-6-15)11-12-21(14)25(23,24)17-9-7-16(19)8-10-17;1-2-4-5-3-1/h2*2-12,16H,13-15H2,1H3;2-10,14H,11-13H2,1H3;1-2H,(H,3,4,5). The molecule has 458 valence electrons. The van der Waals surface area contributed by atoms with E-state index < -0.39 is 30.1 Å². The fourth-order valence-electron chi connectivity index (χ4n) is 10.1. The fraction of sp³-hybridized carbons (Fsp3) is 0.250. The molecule has 6 aromatic carbocycles. The summed E-state index contributed by atoms with van der Waals surface area (Å²) in [6.07, 6.45) is 9.53.